The van der Waals surface area contributed by atoms with Crippen molar-refractivity contribution in [1.29, 1.82) is 0 Å². The van der Waals surface area contributed by atoms with Crippen LogP contribution in [0.5, 0.6) is 0 Å². The molecule has 2 N–H and O–H groups in total. The van der Waals surface area contributed by atoms with Crippen molar-refractivity contribution in [2.45, 2.75) is 44.7 Å². The minimum absolute atomic E-state index is 0.0580. The molecule has 1 atom stereocenters. The molecule has 2 heterocycles. The molecule has 0 aromatic heterocycles. The van der Waals surface area contributed by atoms with Gasteiger partial charge in [0.15, 0.2) is 0 Å². The second kappa shape index (κ2) is 6.19. The van der Waals surface area contributed by atoms with Crippen molar-refractivity contribution in [3.8, 4) is 0 Å². The molecule has 0 bridgehead atoms. The van der Waals surface area contributed by atoms with E-state index < -0.39 is 10.0 Å². The first-order valence-corrected chi connectivity index (χ1v) is 8.65. The third-order valence-corrected chi connectivity index (χ3v) is 5.82. The van der Waals surface area contributed by atoms with Crippen LogP contribution in [0.1, 0.15) is 32.6 Å². The summed E-state index contributed by atoms with van der Waals surface area (Å²) >= 11 is 0. The molecule has 0 spiro atoms. The molecular weight excluding hydrogens is 266 g/mol. The fourth-order valence-electron chi connectivity index (χ4n) is 2.67. The van der Waals surface area contributed by atoms with Gasteiger partial charge in [0.25, 0.3) is 0 Å². The maximum atomic E-state index is 11.9. The highest BCUT2D eigenvalue weighted by molar-refractivity contribution is 7.89. The van der Waals surface area contributed by atoms with Crippen molar-refractivity contribution in [3.05, 3.63) is 0 Å². The molecule has 110 valence electrons. The molecule has 2 aliphatic rings. The molecule has 2 fully saturated rings. The van der Waals surface area contributed by atoms with Crippen LogP contribution in [-0.4, -0.2) is 56.1 Å². The van der Waals surface area contributed by atoms with E-state index in [0.29, 0.717) is 25.9 Å². The molecule has 0 aromatic rings. The Morgan fingerprint density at radius 2 is 2.00 bits per heavy atom. The van der Waals surface area contributed by atoms with Crippen molar-refractivity contribution < 1.29 is 13.2 Å². The third-order valence-electron chi connectivity index (χ3n) is 3.94. The zero-order chi connectivity index (χ0) is 13.9. The summed E-state index contributed by atoms with van der Waals surface area (Å²) in [6.45, 7) is 3.60. The van der Waals surface area contributed by atoms with Crippen LogP contribution in [0.25, 0.3) is 0 Å². The van der Waals surface area contributed by atoms with Gasteiger partial charge in [0.2, 0.25) is 15.9 Å². The van der Waals surface area contributed by atoms with Gasteiger partial charge in [-0.15, -0.1) is 0 Å². The van der Waals surface area contributed by atoms with Gasteiger partial charge < -0.3 is 10.6 Å². The van der Waals surface area contributed by atoms with Gasteiger partial charge in [-0.1, -0.05) is 0 Å². The zero-order valence-corrected chi connectivity index (χ0v) is 12.2. The fraction of sp³-hybridized carbons (Fsp3) is 0.917. The molecule has 0 unspecified atom stereocenters. The van der Waals surface area contributed by atoms with Crippen molar-refractivity contribution in [2.24, 2.45) is 0 Å². The Bertz CT molecular complexity index is 410. The molecule has 19 heavy (non-hydrogen) atoms. The second-order valence-electron chi connectivity index (χ2n) is 5.23. The van der Waals surface area contributed by atoms with E-state index in [-0.39, 0.29) is 23.7 Å². The van der Waals surface area contributed by atoms with E-state index >= 15 is 0 Å². The predicted molar refractivity (Wildman–Crippen MR) is 73.2 cm³/mol. The van der Waals surface area contributed by atoms with Crippen LogP contribution >= 0.6 is 0 Å². The Hall–Kier alpha value is -0.660. The van der Waals surface area contributed by atoms with Crippen molar-refractivity contribution in [2.75, 3.05) is 25.4 Å². The lowest BCUT2D eigenvalue weighted by Crippen LogP contribution is -2.50. The van der Waals surface area contributed by atoms with Crippen molar-refractivity contribution in [1.82, 2.24) is 14.9 Å². The Morgan fingerprint density at radius 3 is 2.53 bits per heavy atom. The van der Waals surface area contributed by atoms with Crippen LogP contribution in [0.2, 0.25) is 0 Å². The number of rotatable bonds is 4. The Balaban J connectivity index is 1.78. The van der Waals surface area contributed by atoms with E-state index in [0.717, 1.165) is 19.4 Å². The topological polar surface area (TPSA) is 78.5 Å². The monoisotopic (exact) mass is 289 g/mol. The predicted octanol–water partition coefficient (Wildman–Crippen LogP) is -0.331. The molecule has 2 rings (SSSR count). The van der Waals surface area contributed by atoms with E-state index in [1.165, 1.54) is 4.31 Å². The normalized spacial score (nSPS) is 26.5. The molecule has 0 saturated carbocycles. The summed E-state index contributed by atoms with van der Waals surface area (Å²) in [4.78, 5) is 11.9. The summed E-state index contributed by atoms with van der Waals surface area (Å²) in [5.41, 5.74) is 0. The average molecular weight is 289 g/mol. The molecule has 0 aromatic carbocycles. The quantitative estimate of drug-likeness (QED) is 0.743. The maximum absolute atomic E-state index is 11.9. The van der Waals surface area contributed by atoms with Crippen molar-refractivity contribution >= 4 is 15.9 Å². The van der Waals surface area contributed by atoms with E-state index in [9.17, 15) is 13.2 Å². The minimum atomic E-state index is -3.08. The van der Waals surface area contributed by atoms with Gasteiger partial charge in [-0.2, -0.15) is 0 Å². The van der Waals surface area contributed by atoms with Crippen molar-refractivity contribution in [3.63, 3.8) is 0 Å². The standard InChI is InChI=1S/C12H23N3O3S/c1-2-19(17,18)15-8-5-10(6-9-15)14-12(16)11-4-3-7-13-11/h10-11,13H,2-9H2,1H3,(H,14,16)/t11-/m1/s1. The summed E-state index contributed by atoms with van der Waals surface area (Å²) in [7, 11) is -3.08. The van der Waals surface area contributed by atoms with Gasteiger partial charge in [-0.05, 0) is 39.2 Å². The lowest BCUT2D eigenvalue weighted by molar-refractivity contribution is -0.123. The number of piperidine rings is 1. The molecule has 2 aliphatic heterocycles. The van der Waals surface area contributed by atoms with Gasteiger partial charge in [0.1, 0.15) is 0 Å². The smallest absolute Gasteiger partial charge is 0.237 e. The third kappa shape index (κ3) is 3.67. The summed E-state index contributed by atoms with van der Waals surface area (Å²) in [6.07, 6.45) is 3.36. The van der Waals surface area contributed by atoms with Crippen LogP contribution < -0.4 is 10.6 Å². The Morgan fingerprint density at radius 1 is 1.32 bits per heavy atom. The van der Waals surface area contributed by atoms with Gasteiger partial charge in [-0.3, -0.25) is 4.79 Å². The van der Waals surface area contributed by atoms with Gasteiger partial charge in [-0.25, -0.2) is 12.7 Å². The highest BCUT2D eigenvalue weighted by Gasteiger charge is 2.29. The first kappa shape index (κ1) is 14.7. The van der Waals surface area contributed by atoms with Gasteiger partial charge in [0.05, 0.1) is 11.8 Å². The molecule has 1 amide bonds. The summed E-state index contributed by atoms with van der Waals surface area (Å²) < 4.78 is 25.0. The minimum Gasteiger partial charge on any atom is -0.352 e. The number of carbonyl (C=O) groups is 1. The van der Waals surface area contributed by atoms with Gasteiger partial charge >= 0.3 is 0 Å². The van der Waals surface area contributed by atoms with E-state index in [1.54, 1.807) is 6.92 Å². The average Bonchev–Trinajstić information content (AvgIpc) is 2.93. The first-order chi connectivity index (χ1) is 9.03. The number of sulfonamides is 1. The maximum Gasteiger partial charge on any atom is 0.237 e. The van der Waals surface area contributed by atoms with E-state index in [1.807, 2.05) is 0 Å². The largest absolute Gasteiger partial charge is 0.352 e. The van der Waals surface area contributed by atoms with Crippen LogP contribution in [0.4, 0.5) is 0 Å². The van der Waals surface area contributed by atoms with Crippen LogP contribution in [0.3, 0.4) is 0 Å². The number of amides is 1. The zero-order valence-electron chi connectivity index (χ0n) is 11.4. The van der Waals surface area contributed by atoms with Gasteiger partial charge in [0, 0.05) is 19.1 Å². The fourth-order valence-corrected chi connectivity index (χ4v) is 3.80. The lowest BCUT2D eigenvalue weighted by Gasteiger charge is -2.31. The molecule has 7 heteroatoms. The number of nitrogens with one attached hydrogen (secondary N) is 2. The highest BCUT2D eigenvalue weighted by atomic mass is 32.2. The Kier molecular flexibility index (Phi) is 4.81. The number of carbonyl (C=O) groups excluding carboxylic acids is 1. The molecule has 6 nitrogen and oxygen atoms in total. The lowest BCUT2D eigenvalue weighted by atomic mass is 10.1. The molecular formula is C12H23N3O3S. The number of nitrogens with zero attached hydrogens (tertiary/aromatic N) is 1. The van der Waals surface area contributed by atoms with Crippen LogP contribution in [0.15, 0.2) is 0 Å². The van der Waals surface area contributed by atoms with E-state index in [2.05, 4.69) is 10.6 Å². The number of hydrogen-bond acceptors (Lipinski definition) is 4. The molecule has 2 saturated heterocycles. The summed E-state index contributed by atoms with van der Waals surface area (Å²) in [6, 6.07) is 0.0515. The highest BCUT2D eigenvalue weighted by Crippen LogP contribution is 2.15. The second-order valence-corrected chi connectivity index (χ2v) is 7.49. The van der Waals surface area contributed by atoms with E-state index in [4.69, 9.17) is 0 Å². The van der Waals surface area contributed by atoms with Crippen LogP contribution in [-0.2, 0) is 14.8 Å². The SMILES string of the molecule is CCS(=O)(=O)N1CCC(NC(=O)[C@H]2CCCN2)CC1. The molecule has 0 radical (unpaired) electrons. The molecule has 0 aliphatic carbocycles. The summed E-state index contributed by atoms with van der Waals surface area (Å²) in [5, 5.41) is 6.20. The first-order valence-electron chi connectivity index (χ1n) is 7.04. The Labute approximate surface area is 115 Å². The van der Waals surface area contributed by atoms with Crippen LogP contribution in [0, 0.1) is 0 Å². The number of hydrogen-bond donors (Lipinski definition) is 2. The summed E-state index contributed by atoms with van der Waals surface area (Å²) in [5.74, 6) is 0.213.